The van der Waals surface area contributed by atoms with E-state index in [1.165, 1.54) is 4.31 Å². The Morgan fingerprint density at radius 1 is 1.33 bits per heavy atom. The lowest BCUT2D eigenvalue weighted by Crippen LogP contribution is -2.49. The Morgan fingerprint density at radius 2 is 2.06 bits per heavy atom. The van der Waals surface area contributed by atoms with Crippen molar-refractivity contribution >= 4 is 10.0 Å². The molecule has 6 heteroatoms. The average Bonchev–Trinajstić information content (AvgIpc) is 2.38. The van der Waals surface area contributed by atoms with E-state index in [1.807, 2.05) is 12.1 Å². The van der Waals surface area contributed by atoms with Gasteiger partial charge in [-0.25, -0.2) is 8.42 Å². The number of pyridine rings is 1. The average molecular weight is 269 g/mol. The van der Waals surface area contributed by atoms with Crippen molar-refractivity contribution in [2.75, 3.05) is 12.3 Å². The summed E-state index contributed by atoms with van der Waals surface area (Å²) in [6.07, 6.45) is 6.19. The standard InChI is InChI=1S/C12H19N3O2S/c13-12-3-1-2-9-15(12)18(16,17)10-6-11-4-7-14-8-5-11/h4-5,7-8,12H,1-3,6,9-10,13H2. The Labute approximate surface area is 108 Å². The second-order valence-electron chi connectivity index (χ2n) is 4.60. The van der Waals surface area contributed by atoms with Crippen molar-refractivity contribution in [1.29, 1.82) is 0 Å². The lowest BCUT2D eigenvalue weighted by atomic mass is 10.1. The van der Waals surface area contributed by atoms with Gasteiger partial charge in [0.1, 0.15) is 0 Å². The molecule has 100 valence electrons. The van der Waals surface area contributed by atoms with E-state index >= 15 is 0 Å². The van der Waals surface area contributed by atoms with Crippen molar-refractivity contribution in [2.24, 2.45) is 5.73 Å². The molecule has 0 saturated carbocycles. The highest BCUT2D eigenvalue weighted by atomic mass is 32.2. The van der Waals surface area contributed by atoms with Gasteiger partial charge in [0.05, 0.1) is 11.9 Å². The van der Waals surface area contributed by atoms with E-state index in [4.69, 9.17) is 5.73 Å². The second kappa shape index (κ2) is 5.77. The third-order valence-corrected chi connectivity index (χ3v) is 5.14. The molecule has 1 atom stereocenters. The number of hydrogen-bond donors (Lipinski definition) is 1. The van der Waals surface area contributed by atoms with Crippen LogP contribution in [0.15, 0.2) is 24.5 Å². The zero-order valence-corrected chi connectivity index (χ0v) is 11.1. The fourth-order valence-electron chi connectivity index (χ4n) is 2.19. The molecule has 1 fully saturated rings. The van der Waals surface area contributed by atoms with Crippen LogP contribution in [0.5, 0.6) is 0 Å². The van der Waals surface area contributed by atoms with Gasteiger partial charge in [-0.05, 0) is 43.4 Å². The molecule has 2 N–H and O–H groups in total. The molecule has 0 aromatic carbocycles. The van der Waals surface area contributed by atoms with Crippen molar-refractivity contribution in [3.8, 4) is 0 Å². The van der Waals surface area contributed by atoms with Crippen LogP contribution in [0, 0.1) is 0 Å². The van der Waals surface area contributed by atoms with E-state index in [-0.39, 0.29) is 11.9 Å². The predicted molar refractivity (Wildman–Crippen MR) is 70.3 cm³/mol. The van der Waals surface area contributed by atoms with Crippen LogP contribution < -0.4 is 5.73 Å². The van der Waals surface area contributed by atoms with Crippen LogP contribution >= 0.6 is 0 Å². The van der Waals surface area contributed by atoms with E-state index in [1.54, 1.807) is 12.4 Å². The van der Waals surface area contributed by atoms with Gasteiger partial charge in [-0.3, -0.25) is 4.98 Å². The van der Waals surface area contributed by atoms with Crippen LogP contribution in [0.2, 0.25) is 0 Å². The van der Waals surface area contributed by atoms with Crippen LogP contribution in [0.25, 0.3) is 0 Å². The van der Waals surface area contributed by atoms with Crippen molar-refractivity contribution in [3.05, 3.63) is 30.1 Å². The van der Waals surface area contributed by atoms with Gasteiger partial charge in [0, 0.05) is 18.9 Å². The minimum absolute atomic E-state index is 0.116. The lowest BCUT2D eigenvalue weighted by Gasteiger charge is -2.31. The summed E-state index contributed by atoms with van der Waals surface area (Å²) in [5, 5.41) is 0. The van der Waals surface area contributed by atoms with E-state index in [0.29, 0.717) is 13.0 Å². The summed E-state index contributed by atoms with van der Waals surface area (Å²) in [6, 6.07) is 3.68. The van der Waals surface area contributed by atoms with Gasteiger partial charge in [0.2, 0.25) is 10.0 Å². The van der Waals surface area contributed by atoms with Gasteiger partial charge in [-0.2, -0.15) is 4.31 Å². The monoisotopic (exact) mass is 269 g/mol. The Kier molecular flexibility index (Phi) is 4.31. The van der Waals surface area contributed by atoms with E-state index in [2.05, 4.69) is 4.98 Å². The lowest BCUT2D eigenvalue weighted by molar-refractivity contribution is 0.258. The number of sulfonamides is 1. The summed E-state index contributed by atoms with van der Waals surface area (Å²) >= 11 is 0. The normalized spacial score (nSPS) is 21.9. The maximum Gasteiger partial charge on any atom is 0.215 e. The molecular weight excluding hydrogens is 250 g/mol. The first-order chi connectivity index (χ1) is 8.59. The third-order valence-electron chi connectivity index (χ3n) is 3.25. The molecule has 0 bridgehead atoms. The molecule has 1 unspecified atom stereocenters. The molecule has 1 saturated heterocycles. The Hall–Kier alpha value is -0.980. The number of nitrogens with two attached hydrogens (primary N) is 1. The van der Waals surface area contributed by atoms with Crippen molar-refractivity contribution < 1.29 is 8.42 Å². The second-order valence-corrected chi connectivity index (χ2v) is 6.64. The quantitative estimate of drug-likeness (QED) is 0.874. The number of hydrogen-bond acceptors (Lipinski definition) is 4. The topological polar surface area (TPSA) is 76.3 Å². The molecule has 2 rings (SSSR count). The summed E-state index contributed by atoms with van der Waals surface area (Å²) < 4.78 is 25.9. The summed E-state index contributed by atoms with van der Waals surface area (Å²) in [6.45, 7) is 0.555. The molecule has 0 radical (unpaired) electrons. The first-order valence-corrected chi connectivity index (χ1v) is 7.84. The number of aromatic nitrogens is 1. The minimum atomic E-state index is -3.24. The zero-order valence-electron chi connectivity index (χ0n) is 10.3. The minimum Gasteiger partial charge on any atom is -0.315 e. The van der Waals surface area contributed by atoms with Gasteiger partial charge >= 0.3 is 0 Å². The van der Waals surface area contributed by atoms with Crippen LogP contribution in [-0.4, -0.2) is 36.2 Å². The molecule has 0 amide bonds. The Balaban J connectivity index is 1.99. The Bertz CT molecular complexity index is 475. The first kappa shape index (κ1) is 13.5. The van der Waals surface area contributed by atoms with Crippen LogP contribution in [0.1, 0.15) is 24.8 Å². The SMILES string of the molecule is NC1CCCCN1S(=O)(=O)CCc1ccncc1. The predicted octanol–water partition coefficient (Wildman–Crippen LogP) is 0.725. The summed E-state index contributed by atoms with van der Waals surface area (Å²) in [5.41, 5.74) is 6.86. The molecule has 2 heterocycles. The highest BCUT2D eigenvalue weighted by Gasteiger charge is 2.29. The molecule has 18 heavy (non-hydrogen) atoms. The maximum absolute atomic E-state index is 12.2. The van der Waals surface area contributed by atoms with Crippen molar-refractivity contribution in [3.63, 3.8) is 0 Å². The van der Waals surface area contributed by atoms with Crippen LogP contribution in [0.4, 0.5) is 0 Å². The highest BCUT2D eigenvalue weighted by Crippen LogP contribution is 2.18. The Morgan fingerprint density at radius 3 is 2.72 bits per heavy atom. The molecule has 5 nitrogen and oxygen atoms in total. The molecule has 0 aliphatic carbocycles. The highest BCUT2D eigenvalue weighted by molar-refractivity contribution is 7.89. The fraction of sp³-hybridized carbons (Fsp3) is 0.583. The molecule has 0 spiro atoms. The van der Waals surface area contributed by atoms with E-state index in [0.717, 1.165) is 24.8 Å². The van der Waals surface area contributed by atoms with Gasteiger partial charge in [0.15, 0.2) is 0 Å². The van der Waals surface area contributed by atoms with Crippen LogP contribution in [-0.2, 0) is 16.4 Å². The molecule has 1 aromatic rings. The van der Waals surface area contributed by atoms with E-state index < -0.39 is 10.0 Å². The zero-order chi connectivity index (χ0) is 13.0. The molecule has 1 aromatic heterocycles. The van der Waals surface area contributed by atoms with Crippen LogP contribution in [0.3, 0.4) is 0 Å². The summed E-state index contributed by atoms with van der Waals surface area (Å²) in [7, 11) is -3.24. The van der Waals surface area contributed by atoms with Gasteiger partial charge in [-0.15, -0.1) is 0 Å². The molecule has 1 aliphatic heterocycles. The number of rotatable bonds is 4. The first-order valence-electron chi connectivity index (χ1n) is 6.23. The maximum atomic E-state index is 12.2. The largest absolute Gasteiger partial charge is 0.315 e. The summed E-state index contributed by atoms with van der Waals surface area (Å²) in [4.78, 5) is 3.91. The van der Waals surface area contributed by atoms with Crippen molar-refractivity contribution in [1.82, 2.24) is 9.29 Å². The molecule has 1 aliphatic rings. The smallest absolute Gasteiger partial charge is 0.215 e. The van der Waals surface area contributed by atoms with E-state index in [9.17, 15) is 8.42 Å². The van der Waals surface area contributed by atoms with Crippen molar-refractivity contribution in [2.45, 2.75) is 31.8 Å². The fourth-order valence-corrected chi connectivity index (χ4v) is 3.84. The number of piperidine rings is 1. The third kappa shape index (κ3) is 3.28. The molecular formula is C12H19N3O2S. The van der Waals surface area contributed by atoms with Gasteiger partial charge in [-0.1, -0.05) is 0 Å². The number of nitrogens with zero attached hydrogens (tertiary/aromatic N) is 2. The number of aryl methyl sites for hydroxylation is 1. The van der Waals surface area contributed by atoms with Gasteiger partial charge < -0.3 is 5.73 Å². The van der Waals surface area contributed by atoms with Gasteiger partial charge in [0.25, 0.3) is 0 Å². The summed E-state index contributed by atoms with van der Waals surface area (Å²) in [5.74, 6) is 0.116.